The van der Waals surface area contributed by atoms with Crippen LogP contribution in [0.3, 0.4) is 0 Å². The Bertz CT molecular complexity index is 2890. The number of benzene rings is 6. The zero-order valence-electron chi connectivity index (χ0n) is 35.4. The first-order valence-electron chi connectivity index (χ1n) is 20.6. The van der Waals surface area contributed by atoms with Gasteiger partial charge in [-0.1, -0.05) is 126 Å². The van der Waals surface area contributed by atoms with Gasteiger partial charge in [0, 0.05) is 51.9 Å². The van der Waals surface area contributed by atoms with Gasteiger partial charge in [-0.15, -0.1) is 0 Å². The van der Waals surface area contributed by atoms with Crippen LogP contribution in [0.2, 0.25) is 0 Å². The van der Waals surface area contributed by atoms with Crippen LogP contribution in [0.4, 0.5) is 11.4 Å². The zero-order valence-corrected chi connectivity index (χ0v) is 35.4. The average Bonchev–Trinajstić information content (AvgIpc) is 3.73. The molecular weight excluding hydrogens is 721 g/mol. The molecule has 0 N–H and O–H groups in total. The second kappa shape index (κ2) is 14.7. The fourth-order valence-corrected chi connectivity index (χ4v) is 8.48. The number of aromatic nitrogens is 2. The van der Waals surface area contributed by atoms with Crippen LogP contribution in [0.15, 0.2) is 169 Å². The van der Waals surface area contributed by atoms with E-state index in [0.29, 0.717) is 0 Å². The summed E-state index contributed by atoms with van der Waals surface area (Å²) < 4.78 is 8.98. The molecule has 0 spiro atoms. The van der Waals surface area contributed by atoms with E-state index in [1.165, 1.54) is 50.3 Å². The molecule has 59 heavy (non-hydrogen) atoms. The molecule has 0 saturated carbocycles. The van der Waals surface area contributed by atoms with Crippen molar-refractivity contribution >= 4 is 33.2 Å². The third-order valence-electron chi connectivity index (χ3n) is 11.9. The van der Waals surface area contributed by atoms with Crippen molar-refractivity contribution in [1.29, 1.82) is 0 Å². The maximum Gasteiger partial charge on any atom is 0.138 e. The van der Waals surface area contributed by atoms with Crippen LogP contribution in [0, 0.1) is 0 Å². The van der Waals surface area contributed by atoms with Crippen molar-refractivity contribution in [3.8, 4) is 39.6 Å². The van der Waals surface area contributed by atoms with Gasteiger partial charge in [-0.3, -0.25) is 4.57 Å². The normalized spacial score (nSPS) is 13.6. The highest BCUT2D eigenvalue weighted by Crippen LogP contribution is 2.40. The second-order valence-corrected chi connectivity index (χ2v) is 17.9. The topological polar surface area (TPSA) is 33.5 Å². The lowest BCUT2D eigenvalue weighted by Crippen LogP contribution is -2.27. The fourth-order valence-electron chi connectivity index (χ4n) is 8.48. The number of hydrogen-bond acceptors (Lipinski definition) is 4. The molecule has 1 aliphatic heterocycles. The van der Waals surface area contributed by atoms with E-state index in [2.05, 4.69) is 215 Å². The summed E-state index contributed by atoms with van der Waals surface area (Å²) in [5.41, 5.74) is 14.4. The van der Waals surface area contributed by atoms with Crippen LogP contribution >= 0.6 is 0 Å². The molecule has 2 aromatic heterocycles. The fraction of sp³-hybridized carbons (Fsp3) is 0.204. The summed E-state index contributed by atoms with van der Waals surface area (Å²) in [6.07, 6.45) is 1.94. The minimum atomic E-state index is -0.0348. The van der Waals surface area contributed by atoms with Gasteiger partial charge in [-0.2, -0.15) is 0 Å². The number of rotatable bonds is 7. The Balaban J connectivity index is 1.04. The van der Waals surface area contributed by atoms with Crippen molar-refractivity contribution in [1.82, 2.24) is 9.55 Å². The molecule has 0 aliphatic carbocycles. The first kappa shape index (κ1) is 38.0. The van der Waals surface area contributed by atoms with Gasteiger partial charge in [0.1, 0.15) is 17.3 Å². The molecule has 0 bridgehead atoms. The van der Waals surface area contributed by atoms with E-state index in [4.69, 9.17) is 9.72 Å². The molecule has 1 aliphatic rings. The molecule has 0 unspecified atom stereocenters. The second-order valence-electron chi connectivity index (χ2n) is 17.9. The average molecular weight is 773 g/mol. The molecule has 9 rings (SSSR count). The van der Waals surface area contributed by atoms with Gasteiger partial charge < -0.3 is 14.5 Å². The predicted octanol–water partition coefficient (Wildman–Crippen LogP) is 14.4. The Morgan fingerprint density at radius 3 is 1.92 bits per heavy atom. The number of pyridine rings is 1. The molecule has 0 saturated heterocycles. The smallest absolute Gasteiger partial charge is 0.138 e. The summed E-state index contributed by atoms with van der Waals surface area (Å²) in [6, 6.07) is 54.2. The van der Waals surface area contributed by atoms with Crippen molar-refractivity contribution in [2.75, 3.05) is 16.5 Å². The quantitative estimate of drug-likeness (QED) is 0.162. The largest absolute Gasteiger partial charge is 0.457 e. The SMILES string of the molecule is CC1=C(C)N(c2cccc(-c3ccccc3)c2)CN1c1cccc(Oc2ccc3c4ccccc4n(-c4cc(-c5ccc(C(C)(C)C)cc5C(C)(C)C)ccn4)c3c2)c1. The molecule has 6 aromatic carbocycles. The highest BCUT2D eigenvalue weighted by atomic mass is 16.5. The molecule has 0 amide bonds. The summed E-state index contributed by atoms with van der Waals surface area (Å²) in [4.78, 5) is 9.74. The Kier molecular flexibility index (Phi) is 9.43. The Morgan fingerprint density at radius 2 is 1.17 bits per heavy atom. The summed E-state index contributed by atoms with van der Waals surface area (Å²) in [6.45, 7) is 18.9. The number of ether oxygens (including phenoxy) is 1. The first-order chi connectivity index (χ1) is 28.3. The van der Waals surface area contributed by atoms with Gasteiger partial charge in [0.2, 0.25) is 0 Å². The molecule has 0 atom stereocenters. The molecule has 8 aromatic rings. The van der Waals surface area contributed by atoms with Crippen molar-refractivity contribution in [2.24, 2.45) is 0 Å². The van der Waals surface area contributed by atoms with E-state index < -0.39 is 0 Å². The third kappa shape index (κ3) is 7.16. The highest BCUT2D eigenvalue weighted by Gasteiger charge is 2.27. The van der Waals surface area contributed by atoms with Crippen molar-refractivity contribution < 1.29 is 4.74 Å². The van der Waals surface area contributed by atoms with Crippen LogP contribution in [-0.4, -0.2) is 16.2 Å². The number of fused-ring (bicyclic) bond motifs is 3. The van der Waals surface area contributed by atoms with Gasteiger partial charge >= 0.3 is 0 Å². The van der Waals surface area contributed by atoms with Crippen LogP contribution in [0.1, 0.15) is 66.5 Å². The lowest BCUT2D eigenvalue weighted by Gasteiger charge is -2.27. The Morgan fingerprint density at radius 1 is 0.508 bits per heavy atom. The van der Waals surface area contributed by atoms with E-state index in [9.17, 15) is 0 Å². The molecule has 5 nitrogen and oxygen atoms in total. The molecule has 3 heterocycles. The standard InChI is InChI=1S/C54H52N4O/c1-36-37(2)57(35-56(36)42-19-14-18-39(30-42)38-16-10-9-11-17-38)43-20-15-21-44(33-43)59-45-25-27-48-47-22-12-13-23-50(47)58(51(48)34-45)52-31-40(28-29-55-52)46-26-24-41(53(3,4)5)32-49(46)54(6,7)8/h9-34H,35H2,1-8H3. The molecule has 5 heteroatoms. The first-order valence-corrected chi connectivity index (χ1v) is 20.6. The third-order valence-corrected chi connectivity index (χ3v) is 11.9. The lowest BCUT2D eigenvalue weighted by molar-refractivity contribution is 0.483. The Hall–Kier alpha value is -6.59. The number of hydrogen-bond donors (Lipinski definition) is 0. The monoisotopic (exact) mass is 772 g/mol. The van der Waals surface area contributed by atoms with Gasteiger partial charge in [-0.25, -0.2) is 4.98 Å². The summed E-state index contributed by atoms with van der Waals surface area (Å²) in [5, 5.41) is 2.34. The van der Waals surface area contributed by atoms with Crippen molar-refractivity contribution in [3.05, 3.63) is 180 Å². The minimum Gasteiger partial charge on any atom is -0.457 e. The molecule has 294 valence electrons. The predicted molar refractivity (Wildman–Crippen MR) is 248 cm³/mol. The molecular formula is C54H52N4O. The molecule has 0 fully saturated rings. The van der Waals surface area contributed by atoms with Crippen LogP contribution in [-0.2, 0) is 10.8 Å². The van der Waals surface area contributed by atoms with Gasteiger partial charge in [0.25, 0.3) is 0 Å². The number of allylic oxidation sites excluding steroid dienone is 2. The Labute approximate surface area is 348 Å². The van der Waals surface area contributed by atoms with Crippen molar-refractivity contribution in [2.45, 2.75) is 66.2 Å². The van der Waals surface area contributed by atoms with Gasteiger partial charge in [-0.05, 0) is 113 Å². The summed E-state index contributed by atoms with van der Waals surface area (Å²) in [7, 11) is 0. The maximum absolute atomic E-state index is 6.71. The van der Waals surface area contributed by atoms with Gasteiger partial charge in [0.05, 0.1) is 17.7 Å². The van der Waals surface area contributed by atoms with Crippen LogP contribution in [0.5, 0.6) is 11.5 Å². The lowest BCUT2D eigenvalue weighted by atomic mass is 9.77. The minimum absolute atomic E-state index is 0.0348. The van der Waals surface area contributed by atoms with Crippen LogP contribution in [0.25, 0.3) is 49.9 Å². The van der Waals surface area contributed by atoms with E-state index >= 15 is 0 Å². The van der Waals surface area contributed by atoms with E-state index in [1.54, 1.807) is 0 Å². The van der Waals surface area contributed by atoms with Gasteiger partial charge in [0.15, 0.2) is 0 Å². The summed E-state index contributed by atoms with van der Waals surface area (Å²) >= 11 is 0. The maximum atomic E-state index is 6.71. The number of anilines is 2. The number of nitrogens with zero attached hydrogens (tertiary/aromatic N) is 4. The summed E-state index contributed by atoms with van der Waals surface area (Å²) in [5.74, 6) is 2.43. The highest BCUT2D eigenvalue weighted by molar-refractivity contribution is 6.09. The van der Waals surface area contributed by atoms with E-state index in [-0.39, 0.29) is 10.8 Å². The van der Waals surface area contributed by atoms with Crippen LogP contribution < -0.4 is 14.5 Å². The zero-order chi connectivity index (χ0) is 41.1. The number of para-hydroxylation sites is 1. The molecule has 0 radical (unpaired) electrons. The van der Waals surface area contributed by atoms with E-state index in [0.717, 1.165) is 51.7 Å². The van der Waals surface area contributed by atoms with Crippen molar-refractivity contribution in [3.63, 3.8) is 0 Å². The van der Waals surface area contributed by atoms with E-state index in [1.807, 2.05) is 12.3 Å².